The van der Waals surface area contributed by atoms with E-state index in [4.69, 9.17) is 0 Å². The third kappa shape index (κ3) is 4.16. The predicted molar refractivity (Wildman–Crippen MR) is 69.9 cm³/mol. The van der Waals surface area contributed by atoms with Crippen molar-refractivity contribution < 1.29 is 9.59 Å². The molecule has 1 aromatic rings. The van der Waals surface area contributed by atoms with Crippen molar-refractivity contribution in [1.29, 1.82) is 0 Å². The van der Waals surface area contributed by atoms with Gasteiger partial charge in [-0.2, -0.15) is 0 Å². The lowest BCUT2D eigenvalue weighted by atomic mass is 9.95. The summed E-state index contributed by atoms with van der Waals surface area (Å²) in [4.78, 5) is 27.4. The standard InChI is InChI=1S/C13H19N3O2/c1-9(15-12(18)13(2,3)4)11(17)16-10-6-5-7-14-8-10/h5-9H,1-4H3,(H,15,18)(H,16,17)/t9-/m1/s1. The van der Waals surface area contributed by atoms with Crippen LogP contribution in [0.15, 0.2) is 24.5 Å². The average Bonchev–Trinajstić information content (AvgIpc) is 2.28. The number of pyridine rings is 1. The number of anilines is 1. The number of rotatable bonds is 3. The van der Waals surface area contributed by atoms with Crippen molar-refractivity contribution in [1.82, 2.24) is 10.3 Å². The van der Waals surface area contributed by atoms with Crippen LogP contribution in [0.4, 0.5) is 5.69 Å². The SMILES string of the molecule is C[C@@H](NC(=O)C(C)(C)C)C(=O)Nc1cccnc1. The molecule has 1 heterocycles. The molecule has 5 heteroatoms. The molecule has 0 saturated heterocycles. The minimum Gasteiger partial charge on any atom is -0.344 e. The monoisotopic (exact) mass is 249 g/mol. The fourth-order valence-corrected chi connectivity index (χ4v) is 1.17. The molecule has 2 N–H and O–H groups in total. The highest BCUT2D eigenvalue weighted by Gasteiger charge is 2.24. The van der Waals surface area contributed by atoms with Crippen LogP contribution in [0.25, 0.3) is 0 Å². The molecule has 0 unspecified atom stereocenters. The lowest BCUT2D eigenvalue weighted by Crippen LogP contribution is -2.46. The first-order valence-corrected chi connectivity index (χ1v) is 5.82. The molecular weight excluding hydrogens is 230 g/mol. The second kappa shape index (κ2) is 5.62. The Hall–Kier alpha value is -1.91. The van der Waals surface area contributed by atoms with E-state index >= 15 is 0 Å². The van der Waals surface area contributed by atoms with Gasteiger partial charge in [0.25, 0.3) is 0 Å². The third-order valence-corrected chi connectivity index (χ3v) is 2.35. The molecule has 0 radical (unpaired) electrons. The Kier molecular flexibility index (Phi) is 4.42. The van der Waals surface area contributed by atoms with Gasteiger partial charge < -0.3 is 10.6 Å². The lowest BCUT2D eigenvalue weighted by molar-refractivity contribution is -0.131. The summed E-state index contributed by atoms with van der Waals surface area (Å²) in [7, 11) is 0. The van der Waals surface area contributed by atoms with Crippen LogP contribution in [0, 0.1) is 5.41 Å². The first-order chi connectivity index (χ1) is 8.30. The fourth-order valence-electron chi connectivity index (χ4n) is 1.17. The highest BCUT2D eigenvalue weighted by atomic mass is 16.2. The smallest absolute Gasteiger partial charge is 0.246 e. The summed E-state index contributed by atoms with van der Waals surface area (Å²) >= 11 is 0. The zero-order chi connectivity index (χ0) is 13.8. The molecule has 0 aliphatic heterocycles. The molecule has 0 aromatic carbocycles. The van der Waals surface area contributed by atoms with Crippen LogP contribution >= 0.6 is 0 Å². The molecule has 0 spiro atoms. The molecule has 2 amide bonds. The summed E-state index contributed by atoms with van der Waals surface area (Å²) in [6.45, 7) is 7.05. The largest absolute Gasteiger partial charge is 0.344 e. The van der Waals surface area contributed by atoms with Gasteiger partial charge in [0, 0.05) is 11.6 Å². The molecule has 0 bridgehead atoms. The number of nitrogens with one attached hydrogen (secondary N) is 2. The van der Waals surface area contributed by atoms with Crippen LogP contribution in [0.5, 0.6) is 0 Å². The molecule has 5 nitrogen and oxygen atoms in total. The number of nitrogens with zero attached hydrogens (tertiary/aromatic N) is 1. The summed E-state index contributed by atoms with van der Waals surface area (Å²) < 4.78 is 0. The van der Waals surface area contributed by atoms with Crippen molar-refractivity contribution in [3.8, 4) is 0 Å². The van der Waals surface area contributed by atoms with E-state index in [1.54, 1.807) is 52.2 Å². The molecule has 0 fully saturated rings. The normalized spacial score (nSPS) is 12.7. The van der Waals surface area contributed by atoms with E-state index < -0.39 is 11.5 Å². The number of hydrogen-bond acceptors (Lipinski definition) is 3. The third-order valence-electron chi connectivity index (χ3n) is 2.35. The second-order valence-electron chi connectivity index (χ2n) is 5.18. The van der Waals surface area contributed by atoms with Gasteiger partial charge in [-0.1, -0.05) is 20.8 Å². The predicted octanol–water partition coefficient (Wildman–Crippen LogP) is 1.57. The molecular formula is C13H19N3O2. The molecule has 0 saturated carbocycles. The van der Waals surface area contributed by atoms with Crippen molar-refractivity contribution in [2.45, 2.75) is 33.7 Å². The summed E-state index contributed by atoms with van der Waals surface area (Å²) in [5, 5.41) is 5.35. The van der Waals surface area contributed by atoms with Gasteiger partial charge in [-0.25, -0.2) is 0 Å². The maximum Gasteiger partial charge on any atom is 0.246 e. The van der Waals surface area contributed by atoms with Crippen molar-refractivity contribution in [2.24, 2.45) is 5.41 Å². The summed E-state index contributed by atoms with van der Waals surface area (Å²) in [5.74, 6) is -0.420. The zero-order valence-electron chi connectivity index (χ0n) is 11.2. The second-order valence-corrected chi connectivity index (χ2v) is 5.18. The van der Waals surface area contributed by atoms with Gasteiger partial charge in [0.2, 0.25) is 11.8 Å². The van der Waals surface area contributed by atoms with Crippen molar-refractivity contribution in [2.75, 3.05) is 5.32 Å². The van der Waals surface area contributed by atoms with Crippen LogP contribution in [0.3, 0.4) is 0 Å². The Labute approximate surface area is 107 Å². The molecule has 1 aromatic heterocycles. The van der Waals surface area contributed by atoms with E-state index in [9.17, 15) is 9.59 Å². The van der Waals surface area contributed by atoms with Crippen molar-refractivity contribution in [3.63, 3.8) is 0 Å². The molecule has 1 atom stereocenters. The quantitative estimate of drug-likeness (QED) is 0.854. The highest BCUT2D eigenvalue weighted by Crippen LogP contribution is 2.13. The van der Waals surface area contributed by atoms with Gasteiger partial charge in [-0.15, -0.1) is 0 Å². The number of carbonyl (C=O) groups excluding carboxylic acids is 2. The topological polar surface area (TPSA) is 71.1 Å². The number of carbonyl (C=O) groups is 2. The molecule has 98 valence electrons. The van der Waals surface area contributed by atoms with Gasteiger partial charge in [0.15, 0.2) is 0 Å². The van der Waals surface area contributed by atoms with E-state index in [-0.39, 0.29) is 11.8 Å². The molecule has 1 rings (SSSR count). The Bertz CT molecular complexity index is 424. The number of amides is 2. The number of aromatic nitrogens is 1. The minimum absolute atomic E-state index is 0.156. The van der Waals surface area contributed by atoms with Gasteiger partial charge in [-0.05, 0) is 19.1 Å². The summed E-state index contributed by atoms with van der Waals surface area (Å²) in [6.07, 6.45) is 3.18. The molecule has 18 heavy (non-hydrogen) atoms. The van der Waals surface area contributed by atoms with Crippen molar-refractivity contribution >= 4 is 17.5 Å². The fraction of sp³-hybridized carbons (Fsp3) is 0.462. The van der Waals surface area contributed by atoms with E-state index in [2.05, 4.69) is 15.6 Å². The van der Waals surface area contributed by atoms with Crippen LogP contribution in [0.1, 0.15) is 27.7 Å². The average molecular weight is 249 g/mol. The first-order valence-electron chi connectivity index (χ1n) is 5.82. The van der Waals surface area contributed by atoms with E-state index in [0.29, 0.717) is 5.69 Å². The Morgan fingerprint density at radius 2 is 2.00 bits per heavy atom. The van der Waals surface area contributed by atoms with E-state index in [1.165, 1.54) is 0 Å². The molecule has 0 aliphatic rings. The summed E-state index contributed by atoms with van der Waals surface area (Å²) in [6, 6.07) is 2.88. The van der Waals surface area contributed by atoms with E-state index in [1.807, 2.05) is 0 Å². The highest BCUT2D eigenvalue weighted by molar-refractivity contribution is 5.97. The van der Waals surface area contributed by atoms with Gasteiger partial charge >= 0.3 is 0 Å². The minimum atomic E-state index is -0.586. The van der Waals surface area contributed by atoms with Gasteiger partial charge in [0.05, 0.1) is 11.9 Å². The molecule has 0 aliphatic carbocycles. The Balaban J connectivity index is 2.55. The first kappa shape index (κ1) is 14.2. The summed E-state index contributed by atoms with van der Waals surface area (Å²) in [5.41, 5.74) is 0.0994. The van der Waals surface area contributed by atoms with Gasteiger partial charge in [0.1, 0.15) is 6.04 Å². The Morgan fingerprint density at radius 1 is 1.33 bits per heavy atom. The zero-order valence-corrected chi connectivity index (χ0v) is 11.2. The van der Waals surface area contributed by atoms with Crippen LogP contribution in [0.2, 0.25) is 0 Å². The van der Waals surface area contributed by atoms with Crippen LogP contribution in [-0.2, 0) is 9.59 Å². The maximum absolute atomic E-state index is 11.8. The maximum atomic E-state index is 11.8. The van der Waals surface area contributed by atoms with Crippen LogP contribution in [-0.4, -0.2) is 22.8 Å². The number of hydrogen-bond donors (Lipinski definition) is 2. The van der Waals surface area contributed by atoms with Crippen LogP contribution < -0.4 is 10.6 Å². The Morgan fingerprint density at radius 3 is 2.50 bits per heavy atom. The van der Waals surface area contributed by atoms with E-state index in [0.717, 1.165) is 0 Å². The van der Waals surface area contributed by atoms with Gasteiger partial charge in [-0.3, -0.25) is 14.6 Å². The lowest BCUT2D eigenvalue weighted by Gasteiger charge is -2.21. The van der Waals surface area contributed by atoms with Crippen molar-refractivity contribution in [3.05, 3.63) is 24.5 Å².